The Balaban J connectivity index is 2.80. The van der Waals surface area contributed by atoms with Crippen molar-refractivity contribution < 1.29 is 20.4 Å². The van der Waals surface area contributed by atoms with Crippen molar-refractivity contribution in [2.24, 2.45) is 0 Å². The molecule has 0 aliphatic carbocycles. The van der Waals surface area contributed by atoms with Crippen LogP contribution in [0.15, 0.2) is 24.3 Å². The Labute approximate surface area is 148 Å². The highest BCUT2D eigenvalue weighted by atomic mass is 32.1. The summed E-state index contributed by atoms with van der Waals surface area (Å²) in [5.74, 6) is -2.26. The van der Waals surface area contributed by atoms with Gasteiger partial charge in [-0.3, -0.25) is 9.13 Å². The molecule has 0 fully saturated rings. The van der Waals surface area contributed by atoms with Gasteiger partial charge in [-0.25, -0.2) is 0 Å². The van der Waals surface area contributed by atoms with Crippen LogP contribution in [0.2, 0.25) is 0 Å². The van der Waals surface area contributed by atoms with E-state index in [4.69, 9.17) is 24.4 Å². The van der Waals surface area contributed by atoms with Crippen molar-refractivity contribution in [3.63, 3.8) is 0 Å². The molecule has 2 aromatic rings. The monoisotopic (exact) mass is 370 g/mol. The van der Waals surface area contributed by atoms with Crippen LogP contribution in [-0.4, -0.2) is 38.9 Å². The zero-order valence-corrected chi connectivity index (χ0v) is 14.9. The number of aromatic hydroxyl groups is 4. The summed E-state index contributed by atoms with van der Waals surface area (Å²) in [7, 11) is 0. The molecule has 4 N–H and O–H groups in total. The zero-order chi connectivity index (χ0) is 18.3. The van der Waals surface area contributed by atoms with Gasteiger partial charge in [-0.15, -0.1) is 0 Å². The van der Waals surface area contributed by atoms with E-state index in [9.17, 15) is 20.4 Å². The van der Waals surface area contributed by atoms with Crippen molar-refractivity contribution in [2.45, 2.75) is 26.9 Å². The first-order valence-electron chi connectivity index (χ1n) is 6.84. The molecule has 2 rings (SSSR count). The van der Waals surface area contributed by atoms with E-state index in [2.05, 4.69) is 13.2 Å². The van der Waals surface area contributed by atoms with Crippen LogP contribution in [0.5, 0.6) is 23.5 Å². The Bertz CT molecular complexity index is 883. The van der Waals surface area contributed by atoms with Crippen LogP contribution in [-0.2, 0) is 13.1 Å². The van der Waals surface area contributed by atoms with E-state index >= 15 is 0 Å². The largest absolute Gasteiger partial charge is 0.491 e. The minimum atomic E-state index is -0.625. The first-order chi connectivity index (χ1) is 11.1. The lowest BCUT2D eigenvalue weighted by atomic mass is 10.3. The summed E-state index contributed by atoms with van der Waals surface area (Å²) in [5.41, 5.74) is 1.38. The molecular formula is C14H18N4O4S2. The lowest BCUT2D eigenvalue weighted by molar-refractivity contribution is 0.327. The highest BCUT2D eigenvalue weighted by Gasteiger charge is 2.24. The number of hydrogen-bond acceptors (Lipinski definition) is 6. The predicted molar refractivity (Wildman–Crippen MR) is 93.6 cm³/mol. The Morgan fingerprint density at radius 2 is 1.04 bits per heavy atom. The van der Waals surface area contributed by atoms with E-state index in [1.807, 2.05) is 0 Å². The Morgan fingerprint density at radius 3 is 1.29 bits per heavy atom. The molecule has 0 saturated heterocycles. The molecular weight excluding hydrogens is 352 g/mol. The van der Waals surface area contributed by atoms with Crippen molar-refractivity contribution in [3.8, 4) is 23.5 Å². The fourth-order valence-electron chi connectivity index (χ4n) is 2.21. The molecule has 130 valence electrons. The van der Waals surface area contributed by atoms with Gasteiger partial charge in [-0.05, 0) is 38.3 Å². The second-order valence-electron chi connectivity index (χ2n) is 5.57. The normalized spacial score (nSPS) is 10.9. The fourth-order valence-corrected chi connectivity index (χ4v) is 2.85. The lowest BCUT2D eigenvalue weighted by Crippen LogP contribution is -2.11. The molecule has 0 radical (unpaired) electrons. The SMILES string of the molecule is C=C(C)Cn1c(O)c(O)n(-n2c(O)c(O)n(CC(=C)C)c2=S)c1=S. The summed E-state index contributed by atoms with van der Waals surface area (Å²) in [6.45, 7) is 11.3. The number of nitrogens with zero attached hydrogens (tertiary/aromatic N) is 4. The third-order valence-electron chi connectivity index (χ3n) is 3.19. The van der Waals surface area contributed by atoms with Crippen molar-refractivity contribution in [3.05, 3.63) is 33.8 Å². The van der Waals surface area contributed by atoms with Gasteiger partial charge in [-0.1, -0.05) is 24.3 Å². The number of imidazole rings is 2. The van der Waals surface area contributed by atoms with Crippen LogP contribution in [0.25, 0.3) is 0 Å². The van der Waals surface area contributed by atoms with Crippen molar-refractivity contribution >= 4 is 24.4 Å². The van der Waals surface area contributed by atoms with Gasteiger partial charge in [0, 0.05) is 13.1 Å². The first-order valence-corrected chi connectivity index (χ1v) is 7.65. The van der Waals surface area contributed by atoms with Crippen LogP contribution >= 0.6 is 24.4 Å². The third kappa shape index (κ3) is 2.74. The summed E-state index contributed by atoms with van der Waals surface area (Å²) in [5, 5.41) is 40.6. The number of aromatic nitrogens is 4. The zero-order valence-electron chi connectivity index (χ0n) is 13.2. The van der Waals surface area contributed by atoms with E-state index in [0.29, 0.717) is 11.1 Å². The molecule has 10 heteroatoms. The second kappa shape index (κ2) is 6.21. The average Bonchev–Trinajstić information content (AvgIpc) is 2.80. The summed E-state index contributed by atoms with van der Waals surface area (Å²) < 4.78 is 4.24. The quantitative estimate of drug-likeness (QED) is 0.477. The number of allylic oxidation sites excluding steroid dienone is 2. The maximum absolute atomic E-state index is 10.2. The summed E-state index contributed by atoms with van der Waals surface area (Å²) in [6.07, 6.45) is 0. The van der Waals surface area contributed by atoms with Gasteiger partial charge in [-0.2, -0.15) is 9.35 Å². The molecule has 0 spiro atoms. The van der Waals surface area contributed by atoms with Crippen LogP contribution in [0.4, 0.5) is 0 Å². The van der Waals surface area contributed by atoms with Crippen LogP contribution in [0, 0.1) is 9.54 Å². The lowest BCUT2D eigenvalue weighted by Gasteiger charge is -2.06. The maximum Gasteiger partial charge on any atom is 0.276 e. The van der Waals surface area contributed by atoms with Crippen molar-refractivity contribution in [1.82, 2.24) is 18.5 Å². The van der Waals surface area contributed by atoms with Gasteiger partial charge in [0.1, 0.15) is 0 Å². The van der Waals surface area contributed by atoms with Gasteiger partial charge in [0.05, 0.1) is 0 Å². The van der Waals surface area contributed by atoms with Gasteiger partial charge >= 0.3 is 0 Å². The standard InChI is InChI=1S/C14H18N4O4S2/c1-7(2)5-15-9(19)11(21)17(13(15)23)18-12(22)10(20)16(14(18)24)6-8(3)4/h19-22H,1,3,5-6H2,2,4H3. The van der Waals surface area contributed by atoms with Gasteiger partial charge in [0.25, 0.3) is 23.5 Å². The fraction of sp³-hybridized carbons (Fsp3) is 0.286. The maximum atomic E-state index is 10.2. The van der Waals surface area contributed by atoms with Crippen LogP contribution in [0.1, 0.15) is 13.8 Å². The van der Waals surface area contributed by atoms with Crippen molar-refractivity contribution in [1.29, 1.82) is 0 Å². The van der Waals surface area contributed by atoms with Crippen LogP contribution < -0.4 is 0 Å². The highest BCUT2D eigenvalue weighted by Crippen LogP contribution is 2.34. The number of hydrogen-bond donors (Lipinski definition) is 4. The Kier molecular flexibility index (Phi) is 4.63. The van der Waals surface area contributed by atoms with E-state index < -0.39 is 23.5 Å². The average molecular weight is 370 g/mol. The molecule has 0 bridgehead atoms. The smallest absolute Gasteiger partial charge is 0.276 e. The molecule has 2 heterocycles. The molecule has 0 amide bonds. The molecule has 2 aromatic heterocycles. The number of rotatable bonds is 5. The third-order valence-corrected chi connectivity index (χ3v) is 3.98. The van der Waals surface area contributed by atoms with E-state index in [-0.39, 0.29) is 22.6 Å². The minimum absolute atomic E-state index is 0.0353. The molecule has 0 aliphatic rings. The van der Waals surface area contributed by atoms with Gasteiger partial charge < -0.3 is 20.4 Å². The van der Waals surface area contributed by atoms with Crippen molar-refractivity contribution in [2.75, 3.05) is 0 Å². The topological polar surface area (TPSA) is 101 Å². The Morgan fingerprint density at radius 1 is 0.750 bits per heavy atom. The van der Waals surface area contributed by atoms with Gasteiger partial charge in [0.2, 0.25) is 9.54 Å². The summed E-state index contributed by atoms with van der Waals surface area (Å²) in [4.78, 5) is 0. The summed E-state index contributed by atoms with van der Waals surface area (Å²) >= 11 is 10.5. The van der Waals surface area contributed by atoms with Crippen LogP contribution in [0.3, 0.4) is 0 Å². The predicted octanol–water partition coefficient (Wildman–Crippen LogP) is 2.64. The molecule has 24 heavy (non-hydrogen) atoms. The minimum Gasteiger partial charge on any atom is -0.491 e. The molecule has 8 nitrogen and oxygen atoms in total. The molecule has 0 aliphatic heterocycles. The van der Waals surface area contributed by atoms with E-state index in [1.54, 1.807) is 13.8 Å². The molecule has 0 aromatic carbocycles. The second-order valence-corrected chi connectivity index (χ2v) is 6.30. The highest BCUT2D eigenvalue weighted by molar-refractivity contribution is 7.71. The van der Waals surface area contributed by atoms with E-state index in [1.165, 1.54) is 9.13 Å². The Hall–Kier alpha value is -2.46. The first kappa shape index (κ1) is 17.9. The van der Waals surface area contributed by atoms with E-state index in [0.717, 1.165) is 9.35 Å². The summed E-state index contributed by atoms with van der Waals surface area (Å²) in [6, 6.07) is 0. The molecule has 0 saturated carbocycles. The molecule has 0 atom stereocenters. The van der Waals surface area contributed by atoms with Gasteiger partial charge in [0.15, 0.2) is 0 Å². The molecule has 0 unspecified atom stereocenters.